The molecule has 9 nitrogen and oxygen atoms in total. The lowest BCUT2D eigenvalue weighted by Crippen LogP contribution is -2.35. The summed E-state index contributed by atoms with van der Waals surface area (Å²) in [5, 5.41) is 5.17. The molecule has 37 heavy (non-hydrogen) atoms. The number of ether oxygens (including phenoxy) is 2. The Bertz CT molecular complexity index is 1340. The van der Waals surface area contributed by atoms with E-state index in [1.54, 1.807) is 31.3 Å². The fraction of sp³-hybridized carbons (Fsp3) is 0.370. The summed E-state index contributed by atoms with van der Waals surface area (Å²) < 4.78 is 26.6. The molecule has 3 heterocycles. The second kappa shape index (κ2) is 11.1. The minimum atomic E-state index is 0.426. The molecule has 2 aromatic heterocycles. The molecule has 0 saturated carbocycles. The van der Waals surface area contributed by atoms with Gasteiger partial charge >= 0.3 is 0 Å². The Labute approximate surface area is 216 Å². The van der Waals surface area contributed by atoms with Gasteiger partial charge in [0, 0.05) is 81.1 Å². The number of aryl methyl sites for hydroxylation is 1. The first-order chi connectivity index (χ1) is 18.0. The van der Waals surface area contributed by atoms with Gasteiger partial charge in [0.25, 0.3) is 0 Å². The van der Waals surface area contributed by atoms with E-state index in [9.17, 15) is 4.48 Å². The number of rotatable bonds is 8. The van der Waals surface area contributed by atoms with Crippen molar-refractivity contribution >= 4 is 22.4 Å². The Kier molecular flexibility index (Phi) is 7.47. The molecule has 10 heteroatoms. The van der Waals surface area contributed by atoms with E-state index in [4.69, 9.17) is 14.5 Å². The first kappa shape index (κ1) is 24.9. The number of methoxy groups -OCH3 is 2. The third-order valence-corrected chi connectivity index (χ3v) is 6.66. The van der Waals surface area contributed by atoms with Gasteiger partial charge in [0.2, 0.25) is 0 Å². The molecule has 1 saturated heterocycles. The van der Waals surface area contributed by atoms with Gasteiger partial charge in [-0.15, -0.1) is 9.60 Å². The number of benzene rings is 2. The Morgan fingerprint density at radius 3 is 2.46 bits per heavy atom. The van der Waals surface area contributed by atoms with Crippen molar-refractivity contribution in [1.29, 1.82) is 0 Å². The molecule has 4 aromatic rings. The number of fused-ring (bicyclic) bond motifs is 1. The van der Waals surface area contributed by atoms with E-state index in [-0.39, 0.29) is 0 Å². The standard InChI is InChI=1S/C27H32FN7O2/c1-32-19-20(17-30-32)27-18-29-25-6-5-21(15-26(25)31-27)35(12-10-33-7-4-8-34(28)11-9-33)22-13-23(36-2)16-24(14-22)37-3/h5-6,13-19H,4,7-12H2,1-3H3. The van der Waals surface area contributed by atoms with E-state index in [2.05, 4.69) is 32.0 Å². The average Bonchev–Trinajstić information content (AvgIpc) is 3.25. The quantitative estimate of drug-likeness (QED) is 0.332. The number of hydrogen-bond acceptors (Lipinski definition) is 8. The van der Waals surface area contributed by atoms with Gasteiger partial charge in [-0.2, -0.15) is 5.10 Å². The second-order valence-corrected chi connectivity index (χ2v) is 9.16. The molecule has 2 aromatic carbocycles. The molecule has 1 fully saturated rings. The molecular weight excluding hydrogens is 473 g/mol. The first-order valence-corrected chi connectivity index (χ1v) is 12.4. The number of halogens is 1. The van der Waals surface area contributed by atoms with Crippen molar-refractivity contribution in [3.8, 4) is 22.8 Å². The minimum Gasteiger partial charge on any atom is -0.497 e. The fourth-order valence-electron chi connectivity index (χ4n) is 4.62. The van der Waals surface area contributed by atoms with Crippen molar-refractivity contribution in [2.45, 2.75) is 6.42 Å². The number of nitrogens with zero attached hydrogens (tertiary/aromatic N) is 7. The van der Waals surface area contributed by atoms with Crippen LogP contribution in [0.4, 0.5) is 15.9 Å². The van der Waals surface area contributed by atoms with E-state index in [0.29, 0.717) is 37.7 Å². The highest BCUT2D eigenvalue weighted by Crippen LogP contribution is 2.34. The van der Waals surface area contributed by atoms with Crippen LogP contribution in [-0.2, 0) is 7.05 Å². The van der Waals surface area contributed by atoms with Crippen molar-refractivity contribution in [3.05, 3.63) is 55.0 Å². The van der Waals surface area contributed by atoms with Gasteiger partial charge < -0.3 is 19.3 Å². The van der Waals surface area contributed by atoms with Crippen molar-refractivity contribution in [1.82, 2.24) is 29.8 Å². The van der Waals surface area contributed by atoms with E-state index >= 15 is 0 Å². The fourth-order valence-corrected chi connectivity index (χ4v) is 4.62. The SMILES string of the molecule is COc1cc(OC)cc(N(CCN2CCCN(F)CC2)c2ccc3ncc(-c4cnn(C)c4)nc3c2)c1. The normalized spacial score (nSPS) is 15.0. The Morgan fingerprint density at radius 1 is 0.919 bits per heavy atom. The molecule has 0 bridgehead atoms. The molecule has 0 radical (unpaired) electrons. The van der Waals surface area contributed by atoms with Crippen LogP contribution in [0.5, 0.6) is 11.5 Å². The summed E-state index contributed by atoms with van der Waals surface area (Å²) in [7, 11) is 5.18. The van der Waals surface area contributed by atoms with Gasteiger partial charge in [-0.05, 0) is 31.2 Å². The van der Waals surface area contributed by atoms with Gasteiger partial charge in [0.05, 0.1) is 43.3 Å². The molecule has 1 aliphatic heterocycles. The summed E-state index contributed by atoms with van der Waals surface area (Å²) in [5.41, 5.74) is 5.21. The lowest BCUT2D eigenvalue weighted by atomic mass is 10.2. The van der Waals surface area contributed by atoms with E-state index in [0.717, 1.165) is 58.3 Å². The molecule has 194 valence electrons. The van der Waals surface area contributed by atoms with E-state index < -0.39 is 0 Å². The van der Waals surface area contributed by atoms with Gasteiger partial charge in [-0.3, -0.25) is 9.67 Å². The zero-order valence-electron chi connectivity index (χ0n) is 21.5. The van der Waals surface area contributed by atoms with Crippen LogP contribution in [0.1, 0.15) is 6.42 Å². The molecule has 0 amide bonds. The van der Waals surface area contributed by atoms with Crippen molar-refractivity contribution in [2.75, 3.05) is 58.4 Å². The monoisotopic (exact) mass is 505 g/mol. The Morgan fingerprint density at radius 2 is 1.73 bits per heavy atom. The third kappa shape index (κ3) is 5.81. The predicted molar refractivity (Wildman–Crippen MR) is 142 cm³/mol. The summed E-state index contributed by atoms with van der Waals surface area (Å²) in [6.07, 6.45) is 6.30. The molecular formula is C27H32FN7O2. The molecule has 0 aliphatic carbocycles. The summed E-state index contributed by atoms with van der Waals surface area (Å²) in [6, 6.07) is 11.9. The van der Waals surface area contributed by atoms with Crippen LogP contribution in [-0.4, -0.2) is 83.3 Å². The highest BCUT2D eigenvalue weighted by atomic mass is 19.2. The Balaban J connectivity index is 1.51. The molecule has 0 spiro atoms. The highest BCUT2D eigenvalue weighted by molar-refractivity contribution is 5.82. The summed E-state index contributed by atoms with van der Waals surface area (Å²) in [5.74, 6) is 1.42. The van der Waals surface area contributed by atoms with Crippen molar-refractivity contribution in [2.24, 2.45) is 7.05 Å². The van der Waals surface area contributed by atoms with E-state index in [1.165, 1.54) is 0 Å². The number of hydrogen-bond donors (Lipinski definition) is 0. The maximum atomic E-state index is 13.8. The van der Waals surface area contributed by atoms with Crippen LogP contribution in [0.15, 0.2) is 55.0 Å². The van der Waals surface area contributed by atoms with Crippen LogP contribution in [0.25, 0.3) is 22.3 Å². The zero-order valence-corrected chi connectivity index (χ0v) is 21.5. The average molecular weight is 506 g/mol. The second-order valence-electron chi connectivity index (χ2n) is 9.16. The molecule has 0 atom stereocenters. The summed E-state index contributed by atoms with van der Waals surface area (Å²) in [4.78, 5) is 14.0. The van der Waals surface area contributed by atoms with Gasteiger partial charge in [-0.25, -0.2) is 4.98 Å². The maximum Gasteiger partial charge on any atom is 0.124 e. The Hall–Kier alpha value is -3.76. The zero-order chi connectivity index (χ0) is 25.8. The number of aromatic nitrogens is 4. The van der Waals surface area contributed by atoms with Gasteiger partial charge in [-0.1, -0.05) is 0 Å². The lowest BCUT2D eigenvalue weighted by molar-refractivity contribution is 0.0308. The molecule has 1 aliphatic rings. The molecule has 0 unspecified atom stereocenters. The third-order valence-electron chi connectivity index (χ3n) is 6.66. The smallest absolute Gasteiger partial charge is 0.124 e. The van der Waals surface area contributed by atoms with Crippen LogP contribution in [0.3, 0.4) is 0 Å². The van der Waals surface area contributed by atoms with Crippen LogP contribution < -0.4 is 14.4 Å². The highest BCUT2D eigenvalue weighted by Gasteiger charge is 2.18. The predicted octanol–water partition coefficient (Wildman–Crippen LogP) is 4.08. The lowest BCUT2D eigenvalue weighted by Gasteiger charge is -2.29. The largest absolute Gasteiger partial charge is 0.497 e. The van der Waals surface area contributed by atoms with Crippen LogP contribution >= 0.6 is 0 Å². The summed E-state index contributed by atoms with van der Waals surface area (Å²) in [6.45, 7) is 3.96. The summed E-state index contributed by atoms with van der Waals surface area (Å²) >= 11 is 0. The number of anilines is 2. The van der Waals surface area contributed by atoms with Crippen molar-refractivity contribution in [3.63, 3.8) is 0 Å². The van der Waals surface area contributed by atoms with Gasteiger partial charge in [0.1, 0.15) is 11.5 Å². The van der Waals surface area contributed by atoms with E-state index in [1.807, 2.05) is 37.5 Å². The van der Waals surface area contributed by atoms with Crippen molar-refractivity contribution < 1.29 is 14.0 Å². The van der Waals surface area contributed by atoms with Gasteiger partial charge in [0.15, 0.2) is 0 Å². The topological polar surface area (TPSA) is 71.8 Å². The minimum absolute atomic E-state index is 0.426. The van der Waals surface area contributed by atoms with Crippen LogP contribution in [0, 0.1) is 0 Å². The first-order valence-electron chi connectivity index (χ1n) is 12.4. The maximum absolute atomic E-state index is 13.8. The molecule has 0 N–H and O–H groups in total. The molecule has 5 rings (SSSR count). The van der Waals surface area contributed by atoms with Crippen LogP contribution in [0.2, 0.25) is 0 Å².